The molecule has 5 rings (SSSR count). The predicted molar refractivity (Wildman–Crippen MR) is 123 cm³/mol. The zero-order valence-electron chi connectivity index (χ0n) is 15.5. The number of carbonyl (C=O) groups excluding carboxylic acids is 1. The van der Waals surface area contributed by atoms with Gasteiger partial charge < -0.3 is 11.1 Å². The number of nitrogens with one attached hydrogen (secondary N) is 1. The lowest BCUT2D eigenvalue weighted by Gasteiger charge is -2.07. The van der Waals surface area contributed by atoms with Crippen molar-refractivity contribution in [2.45, 2.75) is 6.54 Å². The lowest BCUT2D eigenvalue weighted by atomic mass is 10.2. The van der Waals surface area contributed by atoms with Gasteiger partial charge in [0.2, 0.25) is 0 Å². The number of nitrogen functional groups attached to an aromatic ring is 1. The average Bonchev–Trinajstić information content (AvgIpc) is 3.32. The number of benzene rings is 2. The average molecular weight is 479 g/mol. The van der Waals surface area contributed by atoms with Crippen LogP contribution in [-0.4, -0.2) is 25.7 Å². The van der Waals surface area contributed by atoms with Crippen molar-refractivity contribution in [1.29, 1.82) is 0 Å². The summed E-state index contributed by atoms with van der Waals surface area (Å²) in [6, 6.07) is 15.9. The number of carbonyl (C=O) groups is 1. The number of rotatable bonds is 4. The van der Waals surface area contributed by atoms with Crippen molar-refractivity contribution in [2.75, 3.05) is 11.1 Å². The molecule has 0 aliphatic rings. The fraction of sp³-hybridized carbons (Fsp3) is 0.0476. The summed E-state index contributed by atoms with van der Waals surface area (Å²) in [6.45, 7) is 0.631. The minimum atomic E-state index is -0.255. The Balaban J connectivity index is 1.51. The van der Waals surface area contributed by atoms with Crippen molar-refractivity contribution in [2.24, 2.45) is 0 Å². The number of anilines is 2. The minimum Gasteiger partial charge on any atom is -0.382 e. The number of aromatic nitrogens is 4. The van der Waals surface area contributed by atoms with Gasteiger partial charge in [0.05, 0.1) is 38.9 Å². The van der Waals surface area contributed by atoms with E-state index in [0.29, 0.717) is 38.4 Å². The van der Waals surface area contributed by atoms with Crippen LogP contribution in [0.5, 0.6) is 0 Å². The van der Waals surface area contributed by atoms with Gasteiger partial charge >= 0.3 is 0 Å². The van der Waals surface area contributed by atoms with Crippen LogP contribution in [0.3, 0.4) is 0 Å². The summed E-state index contributed by atoms with van der Waals surface area (Å²) < 4.78 is 3.29. The Labute approximate surface area is 183 Å². The van der Waals surface area contributed by atoms with Crippen LogP contribution < -0.4 is 11.1 Å². The molecule has 0 fully saturated rings. The van der Waals surface area contributed by atoms with Gasteiger partial charge in [-0.15, -0.1) is 11.3 Å². The minimum absolute atomic E-state index is 0.255. The van der Waals surface area contributed by atoms with Crippen molar-refractivity contribution in [3.05, 3.63) is 76.0 Å². The first-order chi connectivity index (χ1) is 14.6. The summed E-state index contributed by atoms with van der Waals surface area (Å²) in [7, 11) is 0. The van der Waals surface area contributed by atoms with E-state index in [1.807, 2.05) is 41.1 Å². The fourth-order valence-corrected chi connectivity index (χ4v) is 4.89. The largest absolute Gasteiger partial charge is 0.382 e. The summed E-state index contributed by atoms with van der Waals surface area (Å²) >= 11 is 4.91. The number of hydrogen-bond donors (Lipinski definition) is 2. The molecule has 148 valence electrons. The monoisotopic (exact) mass is 478 g/mol. The van der Waals surface area contributed by atoms with Gasteiger partial charge in [0.25, 0.3) is 5.91 Å². The van der Waals surface area contributed by atoms with Gasteiger partial charge in [-0.05, 0) is 33.6 Å². The van der Waals surface area contributed by atoms with Crippen molar-refractivity contribution in [1.82, 2.24) is 19.7 Å². The van der Waals surface area contributed by atoms with Crippen LogP contribution in [0.25, 0.3) is 21.1 Å². The Bertz CT molecular complexity index is 1400. The summed E-state index contributed by atoms with van der Waals surface area (Å²) in [5.41, 5.74) is 9.65. The Morgan fingerprint density at radius 1 is 1.13 bits per heavy atom. The molecule has 0 unspecified atom stereocenters. The molecule has 3 heterocycles. The normalized spacial score (nSPS) is 11.2. The van der Waals surface area contributed by atoms with Gasteiger partial charge in [-0.25, -0.2) is 9.97 Å². The molecule has 0 bridgehead atoms. The highest BCUT2D eigenvalue weighted by Gasteiger charge is 2.19. The van der Waals surface area contributed by atoms with E-state index in [9.17, 15) is 4.79 Å². The number of nitrogens with two attached hydrogens (primary N) is 1. The van der Waals surface area contributed by atoms with Gasteiger partial charge in [0.15, 0.2) is 0 Å². The maximum atomic E-state index is 13.0. The number of thiophene rings is 1. The Morgan fingerprint density at radius 2 is 1.97 bits per heavy atom. The predicted octanol–water partition coefficient (Wildman–Crippen LogP) is 4.69. The molecule has 7 nitrogen and oxygen atoms in total. The van der Waals surface area contributed by atoms with Gasteiger partial charge in [-0.3, -0.25) is 9.48 Å². The topological polar surface area (TPSA) is 98.7 Å². The second kappa shape index (κ2) is 7.51. The molecule has 0 aliphatic heterocycles. The van der Waals surface area contributed by atoms with Crippen molar-refractivity contribution >= 4 is 65.8 Å². The fourth-order valence-electron chi connectivity index (χ4n) is 3.38. The van der Waals surface area contributed by atoms with E-state index in [2.05, 4.69) is 48.4 Å². The molecule has 3 N–H and O–H groups in total. The van der Waals surface area contributed by atoms with E-state index in [1.54, 1.807) is 5.38 Å². The van der Waals surface area contributed by atoms with E-state index >= 15 is 0 Å². The molecule has 0 spiro atoms. The highest BCUT2D eigenvalue weighted by atomic mass is 79.9. The molecule has 3 aromatic heterocycles. The molecule has 0 atom stereocenters. The van der Waals surface area contributed by atoms with E-state index < -0.39 is 0 Å². The summed E-state index contributed by atoms with van der Waals surface area (Å²) in [6.07, 6.45) is 1.37. The molecular formula is C21H15BrN6OS. The van der Waals surface area contributed by atoms with Crippen LogP contribution in [0.15, 0.2) is 64.8 Å². The lowest BCUT2D eigenvalue weighted by Crippen LogP contribution is -2.12. The first-order valence-electron chi connectivity index (χ1n) is 9.10. The molecule has 0 aliphatic carbocycles. The van der Waals surface area contributed by atoms with Crippen LogP contribution in [0.4, 0.5) is 11.5 Å². The molecule has 30 heavy (non-hydrogen) atoms. The van der Waals surface area contributed by atoms with E-state index in [4.69, 9.17) is 5.73 Å². The second-order valence-electron chi connectivity index (χ2n) is 6.67. The Morgan fingerprint density at radius 3 is 2.80 bits per heavy atom. The maximum absolute atomic E-state index is 13.0. The maximum Gasteiger partial charge on any atom is 0.258 e. The third-order valence-corrected chi connectivity index (χ3v) is 6.33. The van der Waals surface area contributed by atoms with E-state index in [1.165, 1.54) is 17.7 Å². The van der Waals surface area contributed by atoms with Crippen molar-refractivity contribution in [3.8, 4) is 0 Å². The third-order valence-electron chi connectivity index (χ3n) is 4.78. The SMILES string of the molecule is Nc1ncnc2c(C(=O)Nc3cccc4c3c(Br)nn4Cc3ccccc3)csc12. The Hall–Kier alpha value is -3.30. The first kappa shape index (κ1) is 18.7. The second-order valence-corrected chi connectivity index (χ2v) is 8.30. The molecule has 5 aromatic rings. The molecule has 0 saturated carbocycles. The van der Waals surface area contributed by atoms with E-state index in [-0.39, 0.29) is 5.91 Å². The van der Waals surface area contributed by atoms with Crippen LogP contribution >= 0.6 is 27.3 Å². The van der Waals surface area contributed by atoms with Crippen LogP contribution in [0.1, 0.15) is 15.9 Å². The highest BCUT2D eigenvalue weighted by molar-refractivity contribution is 9.10. The van der Waals surface area contributed by atoms with Crippen molar-refractivity contribution < 1.29 is 4.79 Å². The standard InChI is InChI=1S/C21H15BrN6OS/c22-19-16-14(26-21(29)13-10-30-18-17(13)24-11-25-20(18)23)7-4-8-15(16)28(27-19)9-12-5-2-1-3-6-12/h1-8,10-11H,9H2,(H,26,29)(H2,23,24,25). The number of amides is 1. The van der Waals surface area contributed by atoms with Crippen LogP contribution in [0, 0.1) is 0 Å². The highest BCUT2D eigenvalue weighted by Crippen LogP contribution is 2.33. The lowest BCUT2D eigenvalue weighted by molar-refractivity contribution is 0.102. The number of halogens is 1. The molecule has 9 heteroatoms. The van der Waals surface area contributed by atoms with Crippen molar-refractivity contribution in [3.63, 3.8) is 0 Å². The summed E-state index contributed by atoms with van der Waals surface area (Å²) in [4.78, 5) is 21.2. The number of fused-ring (bicyclic) bond motifs is 2. The molecule has 0 saturated heterocycles. The molecule has 1 amide bonds. The smallest absolute Gasteiger partial charge is 0.258 e. The van der Waals surface area contributed by atoms with Crippen LogP contribution in [0.2, 0.25) is 0 Å². The summed E-state index contributed by atoms with van der Waals surface area (Å²) in [5, 5.41) is 10.2. The van der Waals surface area contributed by atoms with Gasteiger partial charge in [0, 0.05) is 5.38 Å². The first-order valence-corrected chi connectivity index (χ1v) is 10.8. The van der Waals surface area contributed by atoms with Gasteiger partial charge in [0.1, 0.15) is 16.7 Å². The zero-order chi connectivity index (χ0) is 20.7. The van der Waals surface area contributed by atoms with Gasteiger partial charge in [-0.2, -0.15) is 5.10 Å². The van der Waals surface area contributed by atoms with E-state index in [0.717, 1.165) is 16.5 Å². The zero-order valence-corrected chi connectivity index (χ0v) is 17.9. The summed E-state index contributed by atoms with van der Waals surface area (Å²) in [5.74, 6) is 0.116. The molecular weight excluding hydrogens is 464 g/mol. The van der Waals surface area contributed by atoms with Crippen LogP contribution in [-0.2, 0) is 6.54 Å². The number of hydrogen-bond acceptors (Lipinski definition) is 6. The Kier molecular flexibility index (Phi) is 4.68. The number of nitrogens with zero attached hydrogens (tertiary/aromatic N) is 4. The molecule has 0 radical (unpaired) electrons. The molecule has 2 aromatic carbocycles. The quantitative estimate of drug-likeness (QED) is 0.390. The third kappa shape index (κ3) is 3.21. The van der Waals surface area contributed by atoms with Gasteiger partial charge in [-0.1, -0.05) is 36.4 Å².